The van der Waals surface area contributed by atoms with E-state index in [0.717, 1.165) is 12.8 Å². The van der Waals surface area contributed by atoms with Crippen LogP contribution in [-0.4, -0.2) is 13.7 Å². The highest BCUT2D eigenvalue weighted by atomic mass is 16.2. The van der Waals surface area contributed by atoms with Gasteiger partial charge in [-0.1, -0.05) is 66.7 Å². The maximum Gasteiger partial charge on any atom is 0.337 e. The summed E-state index contributed by atoms with van der Waals surface area (Å²) in [5.74, 6) is 0.129. The third-order valence-corrected chi connectivity index (χ3v) is 9.44. The molecule has 0 aliphatic rings. The Hall–Kier alpha value is -2.37. The lowest BCUT2D eigenvalue weighted by molar-refractivity contribution is 0.134. The number of nitrogens with zero attached hydrogens (tertiary/aromatic N) is 3. The summed E-state index contributed by atoms with van der Waals surface area (Å²) >= 11 is 0. The first-order chi connectivity index (χ1) is 17.8. The Morgan fingerprint density at radius 3 is 1.49 bits per heavy atom. The zero-order chi connectivity index (χ0) is 30.6. The molecule has 0 aromatic carbocycles. The number of hydrogen-bond donors (Lipinski definition) is 0. The molecule has 0 N–H and O–H groups in total. The van der Waals surface area contributed by atoms with E-state index < -0.39 is 33.7 Å². The van der Waals surface area contributed by atoms with Crippen LogP contribution in [0, 0.1) is 16.7 Å². The minimum absolute atomic E-state index is 0.129. The van der Waals surface area contributed by atoms with E-state index in [-0.39, 0.29) is 16.7 Å². The Morgan fingerprint density at radius 1 is 0.667 bits per heavy atom. The van der Waals surface area contributed by atoms with Crippen LogP contribution in [0.4, 0.5) is 0 Å². The standard InChI is InChI=1S/C33H57N3O3/c1-15-25(16-2)22-32(13,20-6)35-26(37)34(30(10,11)24-31(12,18-4)19-5)27(38)36(28(35)39)33(14,21-7)23-29(8,9)17-3/h15,17-18,25H,1,3-4,16,19-24H2,2,5-14H3. The monoisotopic (exact) mass is 543 g/mol. The van der Waals surface area contributed by atoms with Crippen molar-refractivity contribution in [2.75, 3.05) is 0 Å². The predicted molar refractivity (Wildman–Crippen MR) is 167 cm³/mol. The average molecular weight is 544 g/mol. The lowest BCUT2D eigenvalue weighted by atomic mass is 9.76. The Kier molecular flexibility index (Phi) is 11.0. The van der Waals surface area contributed by atoms with Crippen LogP contribution < -0.4 is 17.1 Å². The molecule has 4 atom stereocenters. The molecule has 0 bridgehead atoms. The van der Waals surface area contributed by atoms with E-state index in [1.807, 2.05) is 59.8 Å². The first-order valence-electron chi connectivity index (χ1n) is 14.7. The van der Waals surface area contributed by atoms with Crippen molar-refractivity contribution in [1.82, 2.24) is 13.7 Å². The summed E-state index contributed by atoms with van der Waals surface area (Å²) in [6.07, 6.45) is 10.1. The smallest absolute Gasteiger partial charge is 0.247 e. The third-order valence-electron chi connectivity index (χ3n) is 9.44. The van der Waals surface area contributed by atoms with Gasteiger partial charge in [0, 0.05) is 5.54 Å². The Morgan fingerprint density at radius 2 is 1.13 bits per heavy atom. The fourth-order valence-electron chi connectivity index (χ4n) is 6.16. The van der Waals surface area contributed by atoms with Crippen molar-refractivity contribution in [3.63, 3.8) is 0 Å². The highest BCUT2D eigenvalue weighted by molar-refractivity contribution is 5.03. The third kappa shape index (κ3) is 7.05. The second-order valence-electron chi connectivity index (χ2n) is 13.7. The highest BCUT2D eigenvalue weighted by Gasteiger charge is 2.42. The van der Waals surface area contributed by atoms with Crippen LogP contribution in [0.2, 0.25) is 0 Å². The number of rotatable bonds is 16. The van der Waals surface area contributed by atoms with Crippen molar-refractivity contribution in [2.24, 2.45) is 16.7 Å². The normalized spacial score (nSPS) is 17.9. The average Bonchev–Trinajstić information content (AvgIpc) is 2.86. The molecule has 6 nitrogen and oxygen atoms in total. The topological polar surface area (TPSA) is 66.0 Å². The molecule has 0 aliphatic carbocycles. The number of hydrogen-bond acceptors (Lipinski definition) is 3. The number of allylic oxidation sites excluding steroid dienone is 3. The summed E-state index contributed by atoms with van der Waals surface area (Å²) in [5, 5.41) is 0. The molecular weight excluding hydrogens is 486 g/mol. The van der Waals surface area contributed by atoms with Crippen molar-refractivity contribution in [3.05, 3.63) is 69.4 Å². The molecule has 0 amide bonds. The van der Waals surface area contributed by atoms with Crippen LogP contribution >= 0.6 is 0 Å². The molecule has 222 valence electrons. The van der Waals surface area contributed by atoms with E-state index in [9.17, 15) is 14.4 Å². The maximum atomic E-state index is 14.5. The Balaban J connectivity index is 4.39. The first kappa shape index (κ1) is 34.7. The van der Waals surface area contributed by atoms with E-state index >= 15 is 0 Å². The van der Waals surface area contributed by atoms with Gasteiger partial charge in [-0.2, -0.15) is 0 Å². The van der Waals surface area contributed by atoms with Crippen LogP contribution in [0.15, 0.2) is 52.3 Å². The molecular formula is C33H57N3O3. The van der Waals surface area contributed by atoms with E-state index in [2.05, 4.69) is 54.4 Å². The van der Waals surface area contributed by atoms with Gasteiger partial charge < -0.3 is 0 Å². The molecule has 0 spiro atoms. The molecule has 0 fully saturated rings. The van der Waals surface area contributed by atoms with Gasteiger partial charge in [-0.25, -0.2) is 28.1 Å². The van der Waals surface area contributed by atoms with Gasteiger partial charge >= 0.3 is 17.1 Å². The molecule has 0 saturated heterocycles. The summed E-state index contributed by atoms with van der Waals surface area (Å²) in [4.78, 5) is 43.4. The molecule has 1 aromatic heterocycles. The van der Waals surface area contributed by atoms with Crippen LogP contribution in [-0.2, 0) is 16.6 Å². The molecule has 0 radical (unpaired) electrons. The van der Waals surface area contributed by atoms with Crippen LogP contribution in [0.25, 0.3) is 0 Å². The van der Waals surface area contributed by atoms with Crippen LogP contribution in [0.3, 0.4) is 0 Å². The second kappa shape index (κ2) is 12.4. The fourth-order valence-corrected chi connectivity index (χ4v) is 6.16. The molecule has 1 aromatic rings. The van der Waals surface area contributed by atoms with Gasteiger partial charge in [0.2, 0.25) is 0 Å². The summed E-state index contributed by atoms with van der Waals surface area (Å²) in [7, 11) is 0. The zero-order valence-electron chi connectivity index (χ0n) is 26.9. The SMILES string of the molecule is C=CC(CC)CC(C)(CC)n1c(=O)n(C(C)(C)CC(C)(C=C)CC)c(=O)n(C(C)(CC)CC(C)(C)C=C)c1=O. The van der Waals surface area contributed by atoms with Crippen LogP contribution in [0.1, 0.15) is 121 Å². The minimum atomic E-state index is -0.871. The van der Waals surface area contributed by atoms with Crippen molar-refractivity contribution >= 4 is 0 Å². The maximum absolute atomic E-state index is 14.5. The summed E-state index contributed by atoms with van der Waals surface area (Å²) in [6, 6.07) is 0. The molecule has 4 unspecified atom stereocenters. The Labute approximate surface area is 237 Å². The highest BCUT2D eigenvalue weighted by Crippen LogP contribution is 2.37. The largest absolute Gasteiger partial charge is 0.337 e. The molecule has 1 rings (SSSR count). The summed E-state index contributed by atoms with van der Waals surface area (Å²) in [5.41, 5.74) is -4.74. The van der Waals surface area contributed by atoms with E-state index in [4.69, 9.17) is 0 Å². The van der Waals surface area contributed by atoms with Crippen LogP contribution in [0.5, 0.6) is 0 Å². The van der Waals surface area contributed by atoms with Crippen molar-refractivity contribution in [3.8, 4) is 0 Å². The molecule has 1 heterocycles. The van der Waals surface area contributed by atoms with Crippen molar-refractivity contribution < 1.29 is 0 Å². The van der Waals surface area contributed by atoms with Gasteiger partial charge in [-0.15, -0.1) is 19.7 Å². The molecule has 0 saturated carbocycles. The second-order valence-corrected chi connectivity index (χ2v) is 13.7. The fraction of sp³-hybridized carbons (Fsp3) is 0.727. The van der Waals surface area contributed by atoms with E-state index in [1.54, 1.807) is 0 Å². The molecule has 0 aliphatic heterocycles. The first-order valence-corrected chi connectivity index (χ1v) is 14.7. The quantitative estimate of drug-likeness (QED) is 0.205. The van der Waals surface area contributed by atoms with Gasteiger partial charge in [0.1, 0.15) is 0 Å². The van der Waals surface area contributed by atoms with Gasteiger partial charge in [0.15, 0.2) is 0 Å². The molecule has 6 heteroatoms. The van der Waals surface area contributed by atoms with Gasteiger partial charge in [0.05, 0.1) is 11.1 Å². The summed E-state index contributed by atoms with van der Waals surface area (Å²) in [6.45, 7) is 34.1. The van der Waals surface area contributed by atoms with E-state index in [1.165, 1.54) is 13.7 Å². The zero-order valence-corrected chi connectivity index (χ0v) is 26.9. The molecule has 39 heavy (non-hydrogen) atoms. The lowest BCUT2D eigenvalue weighted by Gasteiger charge is -2.41. The van der Waals surface area contributed by atoms with E-state index in [0.29, 0.717) is 32.1 Å². The summed E-state index contributed by atoms with van der Waals surface area (Å²) < 4.78 is 4.11. The van der Waals surface area contributed by atoms with Gasteiger partial charge in [-0.3, -0.25) is 0 Å². The van der Waals surface area contributed by atoms with Gasteiger partial charge in [0.25, 0.3) is 0 Å². The minimum Gasteiger partial charge on any atom is -0.247 e. The van der Waals surface area contributed by atoms with Crippen molar-refractivity contribution in [1.29, 1.82) is 0 Å². The number of aromatic nitrogens is 3. The van der Waals surface area contributed by atoms with Gasteiger partial charge in [-0.05, 0) is 89.4 Å². The van der Waals surface area contributed by atoms with Crippen molar-refractivity contribution in [2.45, 2.75) is 138 Å². The Bertz CT molecular complexity index is 1210. The lowest BCUT2D eigenvalue weighted by Crippen LogP contribution is -2.66. The predicted octanol–water partition coefficient (Wildman–Crippen LogP) is 7.35.